The highest BCUT2D eigenvalue weighted by atomic mass is 19.4. The lowest BCUT2D eigenvalue weighted by atomic mass is 9.92. The zero-order chi connectivity index (χ0) is 20.1. The minimum absolute atomic E-state index is 0.248. The Kier molecular flexibility index (Phi) is 6.38. The van der Waals surface area contributed by atoms with E-state index < -0.39 is 29.4 Å². The average molecular weight is 380 g/mol. The second-order valence-corrected chi connectivity index (χ2v) is 5.96. The van der Waals surface area contributed by atoms with E-state index in [1.165, 1.54) is 25.1 Å². The van der Waals surface area contributed by atoms with Crippen molar-refractivity contribution in [1.29, 1.82) is 0 Å². The summed E-state index contributed by atoms with van der Waals surface area (Å²) < 4.78 is 51.7. The molecule has 0 fully saturated rings. The van der Waals surface area contributed by atoms with Crippen molar-refractivity contribution < 1.29 is 32.2 Å². The Morgan fingerprint density at radius 2 is 1.48 bits per heavy atom. The van der Waals surface area contributed by atoms with Crippen LogP contribution in [0.3, 0.4) is 0 Å². The summed E-state index contributed by atoms with van der Waals surface area (Å²) in [5.74, 6) is -1.95. The quantitative estimate of drug-likeness (QED) is 0.670. The normalized spacial score (nSPS) is 14.9. The molecule has 0 N–H and O–H groups in total. The van der Waals surface area contributed by atoms with Crippen LogP contribution in [0.5, 0.6) is 0 Å². The average Bonchev–Trinajstić information content (AvgIpc) is 2.62. The van der Waals surface area contributed by atoms with Crippen LogP contribution in [0.1, 0.15) is 30.6 Å². The highest BCUT2D eigenvalue weighted by Crippen LogP contribution is 2.44. The highest BCUT2D eigenvalue weighted by Gasteiger charge is 2.64. The van der Waals surface area contributed by atoms with Gasteiger partial charge in [0.1, 0.15) is 11.9 Å². The van der Waals surface area contributed by atoms with Gasteiger partial charge in [-0.05, 0) is 12.5 Å². The van der Waals surface area contributed by atoms with Crippen LogP contribution in [0.4, 0.5) is 13.2 Å². The van der Waals surface area contributed by atoms with Gasteiger partial charge in [0.25, 0.3) is 5.60 Å². The first kappa shape index (κ1) is 20.6. The van der Waals surface area contributed by atoms with Crippen LogP contribution in [0.25, 0.3) is 0 Å². The molecule has 144 valence electrons. The van der Waals surface area contributed by atoms with E-state index in [0.29, 0.717) is 5.56 Å². The molecule has 4 nitrogen and oxygen atoms in total. The number of Topliss-reactive ketones (excluding diaryl/α,β-unsaturated/α-hetero) is 1. The molecule has 2 rings (SSSR count). The lowest BCUT2D eigenvalue weighted by Crippen LogP contribution is -2.52. The SMILES string of the molecule is CO[C@@](C(=O)OC(CC(C)=O)c1ccccc1)(c1ccccc1)C(F)(F)F. The van der Waals surface area contributed by atoms with E-state index in [9.17, 15) is 22.8 Å². The summed E-state index contributed by atoms with van der Waals surface area (Å²) in [6, 6.07) is 14.7. The van der Waals surface area contributed by atoms with E-state index in [1.54, 1.807) is 30.3 Å². The van der Waals surface area contributed by atoms with Crippen molar-refractivity contribution in [3.05, 3.63) is 71.8 Å². The number of esters is 1. The van der Waals surface area contributed by atoms with Crippen LogP contribution in [0.15, 0.2) is 60.7 Å². The second-order valence-electron chi connectivity index (χ2n) is 5.96. The molecular formula is C20H19F3O4. The molecule has 0 bridgehead atoms. The molecule has 1 unspecified atom stereocenters. The highest BCUT2D eigenvalue weighted by molar-refractivity contribution is 5.83. The van der Waals surface area contributed by atoms with Crippen molar-refractivity contribution in [3.8, 4) is 0 Å². The first-order valence-corrected chi connectivity index (χ1v) is 8.15. The Labute approximate surface area is 154 Å². The van der Waals surface area contributed by atoms with Crippen molar-refractivity contribution in [1.82, 2.24) is 0 Å². The number of methoxy groups -OCH3 is 1. The number of halogens is 3. The molecule has 0 radical (unpaired) electrons. The topological polar surface area (TPSA) is 52.6 Å². The molecule has 0 spiro atoms. The van der Waals surface area contributed by atoms with Crippen molar-refractivity contribution in [3.63, 3.8) is 0 Å². The third-order valence-electron chi connectivity index (χ3n) is 4.07. The van der Waals surface area contributed by atoms with Gasteiger partial charge in [-0.1, -0.05) is 60.7 Å². The molecule has 2 atom stereocenters. The van der Waals surface area contributed by atoms with Gasteiger partial charge in [0.2, 0.25) is 0 Å². The van der Waals surface area contributed by atoms with E-state index in [2.05, 4.69) is 0 Å². The third kappa shape index (κ3) is 4.36. The molecule has 0 aliphatic rings. The summed E-state index contributed by atoms with van der Waals surface area (Å²) in [6.07, 6.45) is -6.48. The van der Waals surface area contributed by atoms with Crippen LogP contribution >= 0.6 is 0 Å². The molecule has 0 saturated heterocycles. The molecule has 2 aromatic rings. The number of carbonyl (C=O) groups is 2. The van der Waals surface area contributed by atoms with Gasteiger partial charge in [0, 0.05) is 19.1 Å². The van der Waals surface area contributed by atoms with E-state index in [1.807, 2.05) is 0 Å². The summed E-state index contributed by atoms with van der Waals surface area (Å²) in [7, 11) is 0.796. The van der Waals surface area contributed by atoms with E-state index in [4.69, 9.17) is 9.47 Å². The number of alkyl halides is 3. The monoisotopic (exact) mass is 380 g/mol. The fraction of sp³-hybridized carbons (Fsp3) is 0.300. The predicted octanol–water partition coefficient (Wildman–Crippen LogP) is 4.35. The van der Waals surface area contributed by atoms with Crippen molar-refractivity contribution >= 4 is 11.8 Å². The summed E-state index contributed by atoms with van der Waals surface area (Å²) in [5.41, 5.74) is -3.28. The van der Waals surface area contributed by atoms with E-state index >= 15 is 0 Å². The van der Waals surface area contributed by atoms with Crippen LogP contribution < -0.4 is 0 Å². The maximum absolute atomic E-state index is 13.9. The summed E-state index contributed by atoms with van der Waals surface area (Å²) in [4.78, 5) is 24.3. The third-order valence-corrected chi connectivity index (χ3v) is 4.07. The molecule has 7 heteroatoms. The zero-order valence-corrected chi connectivity index (χ0v) is 14.8. The predicted molar refractivity (Wildman–Crippen MR) is 91.8 cm³/mol. The van der Waals surface area contributed by atoms with Crippen LogP contribution in [-0.4, -0.2) is 25.0 Å². The summed E-state index contributed by atoms with van der Waals surface area (Å²) in [5, 5.41) is 0. The smallest absolute Gasteiger partial charge is 0.432 e. The molecule has 0 aliphatic carbocycles. The van der Waals surface area contributed by atoms with Gasteiger partial charge in [0.05, 0.1) is 0 Å². The van der Waals surface area contributed by atoms with E-state index in [-0.39, 0.29) is 12.2 Å². The van der Waals surface area contributed by atoms with Gasteiger partial charge < -0.3 is 9.47 Å². The van der Waals surface area contributed by atoms with Gasteiger partial charge in [-0.25, -0.2) is 4.79 Å². The number of hydrogen-bond donors (Lipinski definition) is 0. The molecule has 27 heavy (non-hydrogen) atoms. The van der Waals surface area contributed by atoms with Crippen LogP contribution in [-0.2, 0) is 24.7 Å². The van der Waals surface area contributed by atoms with Crippen molar-refractivity contribution in [2.24, 2.45) is 0 Å². The molecule has 0 saturated carbocycles. The number of ether oxygens (including phenoxy) is 2. The maximum Gasteiger partial charge on any atom is 0.432 e. The number of hydrogen-bond acceptors (Lipinski definition) is 4. The minimum atomic E-state index is -5.07. The first-order chi connectivity index (χ1) is 12.7. The Morgan fingerprint density at radius 3 is 1.93 bits per heavy atom. The Bertz CT molecular complexity index is 775. The van der Waals surface area contributed by atoms with Gasteiger partial charge in [-0.15, -0.1) is 0 Å². The van der Waals surface area contributed by atoms with Gasteiger partial charge in [-0.2, -0.15) is 13.2 Å². The lowest BCUT2D eigenvalue weighted by Gasteiger charge is -2.33. The Hall–Kier alpha value is -2.67. The molecule has 0 aliphatic heterocycles. The number of rotatable bonds is 7. The number of carbonyl (C=O) groups excluding carboxylic acids is 2. The summed E-state index contributed by atoms with van der Waals surface area (Å²) >= 11 is 0. The fourth-order valence-electron chi connectivity index (χ4n) is 2.76. The molecule has 0 amide bonds. The number of benzene rings is 2. The minimum Gasteiger partial charge on any atom is -0.454 e. The first-order valence-electron chi connectivity index (χ1n) is 8.15. The maximum atomic E-state index is 13.9. The number of ketones is 1. The van der Waals surface area contributed by atoms with Gasteiger partial charge >= 0.3 is 12.1 Å². The largest absolute Gasteiger partial charge is 0.454 e. The zero-order valence-electron chi connectivity index (χ0n) is 14.8. The Balaban J connectivity index is 2.46. The van der Waals surface area contributed by atoms with Crippen molar-refractivity contribution in [2.75, 3.05) is 7.11 Å². The van der Waals surface area contributed by atoms with Gasteiger partial charge in [-0.3, -0.25) is 4.79 Å². The van der Waals surface area contributed by atoms with Crippen molar-refractivity contribution in [2.45, 2.75) is 31.2 Å². The van der Waals surface area contributed by atoms with Gasteiger partial charge in [0.15, 0.2) is 0 Å². The van der Waals surface area contributed by atoms with Crippen LogP contribution in [0, 0.1) is 0 Å². The molecule has 2 aromatic carbocycles. The molecular weight excluding hydrogens is 361 g/mol. The summed E-state index contributed by atoms with van der Waals surface area (Å²) in [6.45, 7) is 1.27. The fourth-order valence-corrected chi connectivity index (χ4v) is 2.76. The molecule has 0 heterocycles. The second kappa shape index (κ2) is 8.35. The lowest BCUT2D eigenvalue weighted by molar-refractivity contribution is -0.278. The standard InChI is InChI=1S/C20H19F3O4/c1-14(24)13-17(15-9-5-3-6-10-15)27-18(25)19(26-2,20(21,22)23)16-11-7-4-8-12-16/h3-12,17H,13H2,1-2H3/t17?,19-/m1/s1. The van der Waals surface area contributed by atoms with Crippen LogP contribution in [0.2, 0.25) is 0 Å². The Morgan fingerprint density at radius 1 is 0.963 bits per heavy atom. The van der Waals surface area contributed by atoms with E-state index in [0.717, 1.165) is 19.2 Å². The molecule has 0 aromatic heterocycles.